The molecule has 80 valence electrons. The van der Waals surface area contributed by atoms with Gasteiger partial charge in [-0.1, -0.05) is 18.2 Å². The van der Waals surface area contributed by atoms with E-state index in [0.717, 1.165) is 12.7 Å². The highest BCUT2D eigenvalue weighted by Crippen LogP contribution is 2.37. The molecule has 1 unspecified atom stereocenters. The van der Waals surface area contributed by atoms with Gasteiger partial charge in [-0.25, -0.2) is 0 Å². The summed E-state index contributed by atoms with van der Waals surface area (Å²) in [4.78, 5) is 10.9. The highest BCUT2D eigenvalue weighted by atomic mass is 16.1. The molecule has 0 bridgehead atoms. The van der Waals surface area contributed by atoms with E-state index >= 15 is 0 Å². The van der Waals surface area contributed by atoms with Crippen molar-refractivity contribution in [3.8, 4) is 0 Å². The van der Waals surface area contributed by atoms with Crippen LogP contribution in [-0.2, 0) is 11.2 Å². The molecule has 2 rings (SSSR count). The molecule has 1 heteroatoms. The molecule has 0 heterocycles. The van der Waals surface area contributed by atoms with Crippen LogP contribution >= 0.6 is 0 Å². The smallest absolute Gasteiger partial charge is 0.123 e. The molecule has 1 aromatic rings. The zero-order valence-corrected chi connectivity index (χ0v) is 9.49. The van der Waals surface area contributed by atoms with Crippen molar-refractivity contribution in [2.45, 2.75) is 33.1 Å². The monoisotopic (exact) mass is 202 g/mol. The molecule has 1 atom stereocenters. The van der Waals surface area contributed by atoms with Crippen molar-refractivity contribution in [1.82, 2.24) is 0 Å². The summed E-state index contributed by atoms with van der Waals surface area (Å²) in [5, 5.41) is 0. The lowest BCUT2D eigenvalue weighted by molar-refractivity contribution is -0.111. The number of benzene rings is 1. The fourth-order valence-corrected chi connectivity index (χ4v) is 2.05. The van der Waals surface area contributed by atoms with Crippen LogP contribution < -0.4 is 0 Å². The number of hydrogen-bond donors (Lipinski definition) is 0. The summed E-state index contributed by atoms with van der Waals surface area (Å²) in [7, 11) is 0. The van der Waals surface area contributed by atoms with Gasteiger partial charge in [0.05, 0.1) is 0 Å². The van der Waals surface area contributed by atoms with Gasteiger partial charge in [0.15, 0.2) is 0 Å². The molecule has 1 aromatic carbocycles. The molecule has 0 N–H and O–H groups in total. The molecular weight excluding hydrogens is 184 g/mol. The third kappa shape index (κ3) is 2.47. The first-order chi connectivity index (χ1) is 7.20. The van der Waals surface area contributed by atoms with Gasteiger partial charge in [0.1, 0.15) is 6.29 Å². The van der Waals surface area contributed by atoms with E-state index in [0.29, 0.717) is 5.92 Å². The van der Waals surface area contributed by atoms with Crippen molar-refractivity contribution in [2.24, 2.45) is 11.8 Å². The average molecular weight is 202 g/mol. The maximum atomic E-state index is 10.9. The molecule has 0 aromatic heterocycles. The minimum absolute atomic E-state index is 0.257. The highest BCUT2D eigenvalue weighted by Gasteiger charge is 2.30. The molecule has 0 aliphatic heterocycles. The van der Waals surface area contributed by atoms with E-state index < -0.39 is 0 Å². The molecule has 0 saturated heterocycles. The Kier molecular flexibility index (Phi) is 2.90. The number of hydrogen-bond acceptors (Lipinski definition) is 1. The van der Waals surface area contributed by atoms with Crippen LogP contribution in [-0.4, -0.2) is 6.29 Å². The van der Waals surface area contributed by atoms with Gasteiger partial charge in [0.2, 0.25) is 0 Å². The second kappa shape index (κ2) is 4.18. The van der Waals surface area contributed by atoms with Crippen LogP contribution in [0.2, 0.25) is 0 Å². The van der Waals surface area contributed by atoms with Gasteiger partial charge in [0, 0.05) is 5.92 Å². The van der Waals surface area contributed by atoms with Crippen molar-refractivity contribution in [3.05, 3.63) is 34.9 Å². The van der Waals surface area contributed by atoms with E-state index in [1.165, 1.54) is 29.5 Å². The molecule has 0 amide bonds. The van der Waals surface area contributed by atoms with Crippen molar-refractivity contribution >= 4 is 6.29 Å². The van der Waals surface area contributed by atoms with Crippen LogP contribution in [0, 0.1) is 25.7 Å². The van der Waals surface area contributed by atoms with Crippen molar-refractivity contribution in [1.29, 1.82) is 0 Å². The average Bonchev–Trinajstić information content (AvgIpc) is 3.03. The summed E-state index contributed by atoms with van der Waals surface area (Å²) in [6.07, 6.45) is 4.56. The summed E-state index contributed by atoms with van der Waals surface area (Å²) in [5.41, 5.74) is 3.96. The second-order valence-corrected chi connectivity index (χ2v) is 4.76. The van der Waals surface area contributed by atoms with Gasteiger partial charge in [-0.2, -0.15) is 0 Å². The van der Waals surface area contributed by atoms with Gasteiger partial charge in [0.25, 0.3) is 0 Å². The summed E-state index contributed by atoms with van der Waals surface area (Å²) in [6, 6.07) is 6.52. The fraction of sp³-hybridized carbons (Fsp3) is 0.500. The predicted octanol–water partition coefficient (Wildman–Crippen LogP) is 3.07. The summed E-state index contributed by atoms with van der Waals surface area (Å²) in [5.74, 6) is 0.927. The molecule has 15 heavy (non-hydrogen) atoms. The van der Waals surface area contributed by atoms with E-state index in [-0.39, 0.29) is 5.92 Å². The first-order valence-corrected chi connectivity index (χ1v) is 5.72. The van der Waals surface area contributed by atoms with Gasteiger partial charge < -0.3 is 4.79 Å². The first-order valence-electron chi connectivity index (χ1n) is 5.72. The third-order valence-electron chi connectivity index (χ3n) is 3.45. The largest absolute Gasteiger partial charge is 0.303 e. The van der Waals surface area contributed by atoms with Crippen LogP contribution in [0.25, 0.3) is 0 Å². The lowest BCUT2D eigenvalue weighted by Crippen LogP contribution is -2.08. The lowest BCUT2D eigenvalue weighted by atomic mass is 9.94. The minimum atomic E-state index is 0.257. The van der Waals surface area contributed by atoms with Gasteiger partial charge in [-0.3, -0.25) is 0 Å². The Morgan fingerprint density at radius 1 is 1.33 bits per heavy atom. The van der Waals surface area contributed by atoms with Crippen molar-refractivity contribution < 1.29 is 4.79 Å². The van der Waals surface area contributed by atoms with E-state index in [9.17, 15) is 4.79 Å². The number of aldehydes is 1. The van der Waals surface area contributed by atoms with Crippen LogP contribution in [0.15, 0.2) is 18.2 Å². The summed E-state index contributed by atoms with van der Waals surface area (Å²) < 4.78 is 0. The fourth-order valence-electron chi connectivity index (χ4n) is 2.05. The molecular formula is C14H18O. The highest BCUT2D eigenvalue weighted by molar-refractivity contribution is 5.55. The zero-order valence-electron chi connectivity index (χ0n) is 9.49. The molecule has 1 aliphatic carbocycles. The minimum Gasteiger partial charge on any atom is -0.303 e. The first kappa shape index (κ1) is 10.4. The van der Waals surface area contributed by atoms with Crippen LogP contribution in [0.3, 0.4) is 0 Å². The SMILES string of the molecule is Cc1ccc(CC(C=O)C2CC2)cc1C. The Labute approximate surface area is 91.5 Å². The number of rotatable bonds is 4. The normalized spacial score (nSPS) is 17.5. The standard InChI is InChI=1S/C14H18O/c1-10-3-4-12(7-11(10)2)8-14(9-15)13-5-6-13/h3-4,7,9,13-14H,5-6,8H2,1-2H3. The third-order valence-corrected chi connectivity index (χ3v) is 3.45. The maximum absolute atomic E-state index is 10.9. The maximum Gasteiger partial charge on any atom is 0.123 e. The molecule has 0 spiro atoms. The van der Waals surface area contributed by atoms with E-state index in [1.807, 2.05) is 0 Å². The topological polar surface area (TPSA) is 17.1 Å². The molecule has 1 aliphatic rings. The van der Waals surface area contributed by atoms with Crippen molar-refractivity contribution in [2.75, 3.05) is 0 Å². The molecule has 1 nitrogen and oxygen atoms in total. The zero-order chi connectivity index (χ0) is 10.8. The van der Waals surface area contributed by atoms with Crippen LogP contribution in [0.1, 0.15) is 29.5 Å². The second-order valence-electron chi connectivity index (χ2n) is 4.76. The van der Waals surface area contributed by atoms with Crippen LogP contribution in [0.4, 0.5) is 0 Å². The molecule has 1 fully saturated rings. The number of carbonyl (C=O) groups excluding carboxylic acids is 1. The Morgan fingerprint density at radius 2 is 2.07 bits per heavy atom. The van der Waals surface area contributed by atoms with Crippen LogP contribution in [0.5, 0.6) is 0 Å². The Morgan fingerprint density at radius 3 is 2.60 bits per heavy atom. The van der Waals surface area contributed by atoms with E-state index in [4.69, 9.17) is 0 Å². The van der Waals surface area contributed by atoms with Crippen molar-refractivity contribution in [3.63, 3.8) is 0 Å². The summed E-state index contributed by atoms with van der Waals surface area (Å²) >= 11 is 0. The Bertz CT molecular complexity index is 364. The quantitative estimate of drug-likeness (QED) is 0.686. The van der Waals surface area contributed by atoms with Gasteiger partial charge in [-0.15, -0.1) is 0 Å². The van der Waals surface area contributed by atoms with E-state index in [1.54, 1.807) is 0 Å². The molecule has 0 radical (unpaired) electrons. The Hall–Kier alpha value is -1.11. The number of carbonyl (C=O) groups is 1. The Balaban J connectivity index is 2.08. The van der Waals surface area contributed by atoms with E-state index in [2.05, 4.69) is 32.0 Å². The van der Waals surface area contributed by atoms with Gasteiger partial charge >= 0.3 is 0 Å². The lowest BCUT2D eigenvalue weighted by Gasteiger charge is -2.10. The molecule has 1 saturated carbocycles. The summed E-state index contributed by atoms with van der Waals surface area (Å²) in [6.45, 7) is 4.25. The predicted molar refractivity (Wildman–Crippen MR) is 61.9 cm³/mol. The number of aryl methyl sites for hydroxylation is 2. The van der Waals surface area contributed by atoms with Gasteiger partial charge in [-0.05, 0) is 55.7 Å².